The Morgan fingerprint density at radius 2 is 2.18 bits per heavy atom. The van der Waals surface area contributed by atoms with E-state index in [1.807, 2.05) is 6.07 Å². The van der Waals surface area contributed by atoms with E-state index in [1.165, 1.54) is 16.2 Å². The van der Waals surface area contributed by atoms with E-state index >= 15 is 0 Å². The summed E-state index contributed by atoms with van der Waals surface area (Å²) in [6, 6.07) is 5.39. The fourth-order valence-corrected chi connectivity index (χ4v) is 2.89. The van der Waals surface area contributed by atoms with Crippen LogP contribution in [0.1, 0.15) is 6.42 Å². The zero-order valence-corrected chi connectivity index (χ0v) is 10.2. The normalized spacial score (nSPS) is 16.2. The maximum Gasteiger partial charge on any atom is 0.236 e. The number of carbonyl (C=O) groups excluding carboxylic acids is 2. The fraction of sp³-hybridized carbons (Fsp3) is 0.182. The highest BCUT2D eigenvalue weighted by atomic mass is 35.5. The van der Waals surface area contributed by atoms with E-state index in [-0.39, 0.29) is 24.7 Å². The van der Waals surface area contributed by atoms with E-state index in [0.29, 0.717) is 10.2 Å². The monoisotopic (exact) mass is 266 g/mol. The van der Waals surface area contributed by atoms with Crippen LogP contribution in [0.4, 0.5) is 5.13 Å². The highest BCUT2D eigenvalue weighted by molar-refractivity contribution is 7.22. The lowest BCUT2D eigenvalue weighted by Crippen LogP contribution is -2.24. The number of aromatic nitrogens is 1. The summed E-state index contributed by atoms with van der Waals surface area (Å²) in [4.78, 5) is 28.5. The second-order valence-electron chi connectivity index (χ2n) is 3.80. The first-order valence-electron chi connectivity index (χ1n) is 5.01. The summed E-state index contributed by atoms with van der Waals surface area (Å²) in [6.45, 7) is 0.131. The molecule has 1 aliphatic heterocycles. The first kappa shape index (κ1) is 10.7. The molecular formula is C11H7ClN2O2S. The van der Waals surface area contributed by atoms with E-state index in [4.69, 9.17) is 11.6 Å². The number of benzene rings is 1. The average molecular weight is 267 g/mol. The largest absolute Gasteiger partial charge is 0.297 e. The highest BCUT2D eigenvalue weighted by Crippen LogP contribution is 2.31. The van der Waals surface area contributed by atoms with Gasteiger partial charge in [0.25, 0.3) is 0 Å². The number of fused-ring (bicyclic) bond motifs is 1. The second-order valence-corrected chi connectivity index (χ2v) is 5.25. The van der Waals surface area contributed by atoms with Crippen molar-refractivity contribution in [1.29, 1.82) is 0 Å². The molecule has 2 aromatic rings. The summed E-state index contributed by atoms with van der Waals surface area (Å²) < 4.78 is 0.955. The number of hydrogen-bond donors (Lipinski definition) is 0. The summed E-state index contributed by atoms with van der Waals surface area (Å²) in [5, 5.41) is 1.18. The molecule has 0 radical (unpaired) electrons. The second kappa shape index (κ2) is 3.78. The number of hydrogen-bond acceptors (Lipinski definition) is 4. The Morgan fingerprint density at radius 1 is 1.35 bits per heavy atom. The van der Waals surface area contributed by atoms with Crippen LogP contribution >= 0.6 is 22.9 Å². The third-order valence-electron chi connectivity index (χ3n) is 2.55. The summed E-state index contributed by atoms with van der Waals surface area (Å²) in [7, 11) is 0. The van der Waals surface area contributed by atoms with Crippen LogP contribution in [-0.2, 0) is 9.59 Å². The van der Waals surface area contributed by atoms with Gasteiger partial charge in [-0.1, -0.05) is 22.9 Å². The number of thiazole rings is 1. The molecule has 0 saturated carbocycles. The number of amides is 1. The molecule has 3 rings (SSSR count). The first-order chi connectivity index (χ1) is 8.13. The van der Waals surface area contributed by atoms with Crippen LogP contribution in [0.3, 0.4) is 0 Å². The summed E-state index contributed by atoms with van der Waals surface area (Å²) in [5.74, 6) is -0.243. The molecule has 1 aliphatic rings. The topological polar surface area (TPSA) is 50.3 Å². The van der Waals surface area contributed by atoms with Gasteiger partial charge >= 0.3 is 0 Å². The lowest BCUT2D eigenvalue weighted by atomic mass is 10.3. The summed E-state index contributed by atoms with van der Waals surface area (Å²) >= 11 is 7.26. The Morgan fingerprint density at radius 3 is 2.88 bits per heavy atom. The van der Waals surface area contributed by atoms with Crippen molar-refractivity contribution >= 4 is 50.0 Å². The van der Waals surface area contributed by atoms with Crippen LogP contribution in [-0.4, -0.2) is 23.2 Å². The van der Waals surface area contributed by atoms with E-state index in [2.05, 4.69) is 4.98 Å². The first-order valence-corrected chi connectivity index (χ1v) is 6.21. The number of carbonyl (C=O) groups is 2. The van der Waals surface area contributed by atoms with Gasteiger partial charge in [0, 0.05) is 5.02 Å². The maximum absolute atomic E-state index is 11.6. The minimum absolute atomic E-state index is 0.0172. The molecule has 0 aliphatic carbocycles. The van der Waals surface area contributed by atoms with Gasteiger partial charge in [0.05, 0.1) is 23.2 Å². The average Bonchev–Trinajstić information content (AvgIpc) is 2.80. The molecule has 0 spiro atoms. The minimum atomic E-state index is -0.180. The molecule has 0 atom stereocenters. The Bertz CT molecular complexity index is 637. The Labute approximate surface area is 106 Å². The minimum Gasteiger partial charge on any atom is -0.297 e. The predicted octanol–water partition coefficient (Wildman–Crippen LogP) is 2.26. The zero-order valence-electron chi connectivity index (χ0n) is 8.64. The molecule has 86 valence electrons. The molecule has 1 fully saturated rings. The van der Waals surface area contributed by atoms with Gasteiger partial charge in [0.2, 0.25) is 5.91 Å². The molecule has 6 heteroatoms. The molecule has 0 unspecified atom stereocenters. The Kier molecular flexibility index (Phi) is 2.38. The molecule has 1 saturated heterocycles. The van der Waals surface area contributed by atoms with Crippen LogP contribution in [0.5, 0.6) is 0 Å². The number of nitrogens with zero attached hydrogens (tertiary/aromatic N) is 2. The van der Waals surface area contributed by atoms with Crippen molar-refractivity contribution in [3.05, 3.63) is 23.2 Å². The molecular weight excluding hydrogens is 260 g/mol. The third kappa shape index (κ3) is 1.81. The molecule has 1 amide bonds. The van der Waals surface area contributed by atoms with Crippen molar-refractivity contribution in [2.24, 2.45) is 0 Å². The Balaban J connectivity index is 2.06. The lowest BCUT2D eigenvalue weighted by molar-refractivity contribution is -0.121. The van der Waals surface area contributed by atoms with Gasteiger partial charge < -0.3 is 0 Å². The van der Waals surface area contributed by atoms with E-state index in [1.54, 1.807) is 12.1 Å². The number of Topliss-reactive ketones (excluding diaryl/α,β-unsaturated/α-hetero) is 1. The fourth-order valence-electron chi connectivity index (χ4n) is 1.76. The molecule has 2 heterocycles. The van der Waals surface area contributed by atoms with Crippen LogP contribution in [0, 0.1) is 0 Å². The van der Waals surface area contributed by atoms with Crippen molar-refractivity contribution in [3.8, 4) is 0 Å². The van der Waals surface area contributed by atoms with Gasteiger partial charge in [-0.3, -0.25) is 14.5 Å². The number of anilines is 1. The maximum atomic E-state index is 11.6. The molecule has 4 nitrogen and oxygen atoms in total. The predicted molar refractivity (Wildman–Crippen MR) is 66.6 cm³/mol. The van der Waals surface area contributed by atoms with Gasteiger partial charge in [-0.05, 0) is 18.2 Å². The zero-order chi connectivity index (χ0) is 12.0. The van der Waals surface area contributed by atoms with Crippen LogP contribution < -0.4 is 4.90 Å². The Hall–Kier alpha value is -1.46. The van der Waals surface area contributed by atoms with Crippen molar-refractivity contribution < 1.29 is 9.59 Å². The quantitative estimate of drug-likeness (QED) is 0.744. The van der Waals surface area contributed by atoms with Gasteiger partial charge in [0.1, 0.15) is 0 Å². The van der Waals surface area contributed by atoms with Crippen molar-refractivity contribution in [2.45, 2.75) is 6.42 Å². The number of ketones is 1. The van der Waals surface area contributed by atoms with Crippen molar-refractivity contribution in [1.82, 2.24) is 4.98 Å². The van der Waals surface area contributed by atoms with Crippen LogP contribution in [0.15, 0.2) is 18.2 Å². The van der Waals surface area contributed by atoms with Gasteiger partial charge in [-0.2, -0.15) is 0 Å². The molecule has 0 bridgehead atoms. The standard InChI is InChI=1S/C11H7ClN2O2S/c12-6-1-2-9-8(3-6)13-11(17-9)14-5-7(15)4-10(14)16/h1-3H,4-5H2. The van der Waals surface area contributed by atoms with E-state index < -0.39 is 0 Å². The van der Waals surface area contributed by atoms with Crippen molar-refractivity contribution in [2.75, 3.05) is 11.4 Å². The summed E-state index contributed by atoms with van der Waals surface area (Å²) in [5.41, 5.74) is 0.754. The number of rotatable bonds is 1. The van der Waals surface area contributed by atoms with E-state index in [0.717, 1.165) is 10.2 Å². The van der Waals surface area contributed by atoms with Gasteiger partial charge in [0.15, 0.2) is 10.9 Å². The SMILES string of the molecule is O=C1CC(=O)N(c2nc3cc(Cl)ccc3s2)C1. The van der Waals surface area contributed by atoms with E-state index in [9.17, 15) is 9.59 Å². The summed E-state index contributed by atoms with van der Waals surface area (Å²) in [6.07, 6.45) is -0.0172. The van der Waals surface area contributed by atoms with Crippen LogP contribution in [0.25, 0.3) is 10.2 Å². The molecule has 1 aromatic carbocycles. The molecule has 0 N–H and O–H groups in total. The smallest absolute Gasteiger partial charge is 0.236 e. The number of halogens is 1. The highest BCUT2D eigenvalue weighted by Gasteiger charge is 2.30. The molecule has 1 aromatic heterocycles. The molecule has 17 heavy (non-hydrogen) atoms. The van der Waals surface area contributed by atoms with Crippen LogP contribution in [0.2, 0.25) is 5.02 Å². The lowest BCUT2D eigenvalue weighted by Gasteiger charge is -2.08. The van der Waals surface area contributed by atoms with Gasteiger partial charge in [-0.15, -0.1) is 0 Å². The van der Waals surface area contributed by atoms with Gasteiger partial charge in [-0.25, -0.2) is 4.98 Å². The third-order valence-corrected chi connectivity index (χ3v) is 3.85. The van der Waals surface area contributed by atoms with Crippen molar-refractivity contribution in [3.63, 3.8) is 0 Å².